The number of halogens is 1. The number of rotatable bonds is 10. The van der Waals surface area contributed by atoms with Gasteiger partial charge in [0.25, 0.3) is 0 Å². The van der Waals surface area contributed by atoms with E-state index in [1.165, 1.54) is 5.56 Å². The molecule has 1 aromatic rings. The molecule has 1 unspecified atom stereocenters. The number of sulfone groups is 1. The van der Waals surface area contributed by atoms with Crippen molar-refractivity contribution in [2.75, 3.05) is 24.6 Å². The summed E-state index contributed by atoms with van der Waals surface area (Å²) in [4.78, 5) is 0. The van der Waals surface area contributed by atoms with Gasteiger partial charge in [0, 0.05) is 10.2 Å². The maximum absolute atomic E-state index is 11.9. The Labute approximate surface area is 137 Å². The van der Waals surface area contributed by atoms with Gasteiger partial charge in [-0.2, -0.15) is 0 Å². The van der Waals surface area contributed by atoms with Crippen molar-refractivity contribution in [3.63, 3.8) is 0 Å². The van der Waals surface area contributed by atoms with Crippen LogP contribution in [0, 0.1) is 5.92 Å². The molecule has 0 aliphatic rings. The number of benzene rings is 1. The van der Waals surface area contributed by atoms with Crippen molar-refractivity contribution in [3.8, 4) is 0 Å². The molecule has 21 heavy (non-hydrogen) atoms. The Kier molecular flexibility index (Phi) is 8.52. The highest BCUT2D eigenvalue weighted by molar-refractivity contribution is 9.10. The van der Waals surface area contributed by atoms with Gasteiger partial charge in [0.15, 0.2) is 0 Å². The van der Waals surface area contributed by atoms with E-state index >= 15 is 0 Å². The molecule has 5 heteroatoms. The Hall–Kier alpha value is -0.390. The molecule has 0 amide bonds. The molecule has 0 spiro atoms. The van der Waals surface area contributed by atoms with E-state index in [1.807, 2.05) is 19.1 Å². The van der Waals surface area contributed by atoms with Crippen molar-refractivity contribution in [1.82, 2.24) is 5.32 Å². The maximum atomic E-state index is 11.9. The second-order valence-electron chi connectivity index (χ2n) is 5.45. The van der Waals surface area contributed by atoms with Crippen LogP contribution in [0.3, 0.4) is 0 Å². The third-order valence-corrected chi connectivity index (χ3v) is 5.83. The Balaban J connectivity index is 2.63. The van der Waals surface area contributed by atoms with Crippen LogP contribution in [0.5, 0.6) is 0 Å². The molecule has 0 saturated heterocycles. The molecule has 0 bridgehead atoms. The summed E-state index contributed by atoms with van der Waals surface area (Å²) in [5.74, 6) is 0.953. The summed E-state index contributed by atoms with van der Waals surface area (Å²) in [5.41, 5.74) is 1.25. The van der Waals surface area contributed by atoms with Gasteiger partial charge in [-0.1, -0.05) is 41.9 Å². The van der Waals surface area contributed by atoms with Crippen molar-refractivity contribution < 1.29 is 8.42 Å². The zero-order valence-electron chi connectivity index (χ0n) is 12.9. The second-order valence-corrected chi connectivity index (χ2v) is 8.67. The van der Waals surface area contributed by atoms with Gasteiger partial charge in [-0.3, -0.25) is 0 Å². The lowest BCUT2D eigenvalue weighted by atomic mass is 9.97. The highest BCUT2D eigenvalue weighted by Gasteiger charge is 2.15. The van der Waals surface area contributed by atoms with E-state index in [1.54, 1.807) is 0 Å². The first-order chi connectivity index (χ1) is 9.96. The molecule has 0 saturated carbocycles. The van der Waals surface area contributed by atoms with E-state index in [-0.39, 0.29) is 0 Å². The monoisotopic (exact) mass is 375 g/mol. The molecular formula is C16H26BrNO2S. The first kappa shape index (κ1) is 18.7. The molecule has 1 N–H and O–H groups in total. The lowest BCUT2D eigenvalue weighted by molar-refractivity contribution is 0.465. The molecule has 0 radical (unpaired) electrons. The van der Waals surface area contributed by atoms with Crippen molar-refractivity contribution in [2.45, 2.75) is 33.1 Å². The molecule has 0 aliphatic carbocycles. The highest BCUT2D eigenvalue weighted by Crippen LogP contribution is 2.17. The fourth-order valence-electron chi connectivity index (χ4n) is 2.38. The van der Waals surface area contributed by atoms with Crippen molar-refractivity contribution in [3.05, 3.63) is 34.3 Å². The zero-order valence-corrected chi connectivity index (χ0v) is 15.3. The van der Waals surface area contributed by atoms with Gasteiger partial charge >= 0.3 is 0 Å². The Morgan fingerprint density at radius 2 is 2.00 bits per heavy atom. The van der Waals surface area contributed by atoms with E-state index < -0.39 is 9.84 Å². The molecule has 0 heterocycles. The van der Waals surface area contributed by atoms with Crippen LogP contribution in [-0.4, -0.2) is 33.0 Å². The SMILES string of the molecule is CCCS(=O)(=O)CCC(CNCC)Cc1cccc(Br)c1. The largest absolute Gasteiger partial charge is 0.317 e. The Morgan fingerprint density at radius 3 is 2.62 bits per heavy atom. The molecule has 0 aromatic heterocycles. The van der Waals surface area contributed by atoms with Crippen LogP contribution in [-0.2, 0) is 16.3 Å². The summed E-state index contributed by atoms with van der Waals surface area (Å²) in [6, 6.07) is 8.25. The van der Waals surface area contributed by atoms with Gasteiger partial charge in [0.2, 0.25) is 0 Å². The molecule has 0 fully saturated rings. The van der Waals surface area contributed by atoms with Crippen LogP contribution in [0.4, 0.5) is 0 Å². The fraction of sp³-hybridized carbons (Fsp3) is 0.625. The van der Waals surface area contributed by atoms with E-state index in [9.17, 15) is 8.42 Å². The van der Waals surface area contributed by atoms with Gasteiger partial charge in [0.1, 0.15) is 9.84 Å². The van der Waals surface area contributed by atoms with E-state index in [2.05, 4.69) is 40.3 Å². The van der Waals surface area contributed by atoms with E-state index in [0.717, 1.165) is 30.4 Å². The smallest absolute Gasteiger partial charge is 0.150 e. The van der Waals surface area contributed by atoms with Crippen LogP contribution in [0.25, 0.3) is 0 Å². The van der Waals surface area contributed by atoms with E-state index in [4.69, 9.17) is 0 Å². The third-order valence-electron chi connectivity index (χ3n) is 3.45. The summed E-state index contributed by atoms with van der Waals surface area (Å²) >= 11 is 3.48. The van der Waals surface area contributed by atoms with Crippen molar-refractivity contribution in [2.24, 2.45) is 5.92 Å². The van der Waals surface area contributed by atoms with Gasteiger partial charge < -0.3 is 5.32 Å². The van der Waals surface area contributed by atoms with Gasteiger partial charge in [0.05, 0.1) is 5.75 Å². The van der Waals surface area contributed by atoms with Crippen LogP contribution in [0.2, 0.25) is 0 Å². The summed E-state index contributed by atoms with van der Waals surface area (Å²) < 4.78 is 24.8. The topological polar surface area (TPSA) is 46.2 Å². The maximum Gasteiger partial charge on any atom is 0.150 e. The van der Waals surface area contributed by atoms with Gasteiger partial charge in [-0.05, 0) is 56.0 Å². The van der Waals surface area contributed by atoms with Gasteiger partial charge in [-0.15, -0.1) is 0 Å². The highest BCUT2D eigenvalue weighted by atomic mass is 79.9. The van der Waals surface area contributed by atoms with Crippen LogP contribution >= 0.6 is 15.9 Å². The summed E-state index contributed by atoms with van der Waals surface area (Å²) in [6.07, 6.45) is 2.34. The lowest BCUT2D eigenvalue weighted by Crippen LogP contribution is -2.26. The lowest BCUT2D eigenvalue weighted by Gasteiger charge is -2.17. The minimum atomic E-state index is -2.89. The predicted octanol–water partition coefficient (Wildman–Crippen LogP) is 3.43. The molecule has 0 aliphatic heterocycles. The fourth-order valence-corrected chi connectivity index (χ4v) is 4.35. The average Bonchev–Trinajstić information content (AvgIpc) is 2.42. The minimum absolute atomic E-state index is 0.297. The normalized spacial score (nSPS) is 13.3. The first-order valence-corrected chi connectivity index (χ1v) is 10.2. The number of hydrogen-bond donors (Lipinski definition) is 1. The van der Waals surface area contributed by atoms with Crippen LogP contribution in [0.15, 0.2) is 28.7 Å². The Bertz CT molecular complexity index is 517. The Morgan fingerprint density at radius 1 is 1.24 bits per heavy atom. The summed E-state index contributed by atoms with van der Waals surface area (Å²) in [5, 5.41) is 3.34. The predicted molar refractivity (Wildman–Crippen MR) is 93.4 cm³/mol. The third kappa shape index (κ3) is 7.98. The first-order valence-electron chi connectivity index (χ1n) is 7.62. The number of hydrogen-bond acceptors (Lipinski definition) is 3. The molecule has 1 aromatic carbocycles. The zero-order chi connectivity index (χ0) is 15.7. The summed E-state index contributed by atoms with van der Waals surface area (Å²) in [7, 11) is -2.89. The van der Waals surface area contributed by atoms with E-state index in [0.29, 0.717) is 23.8 Å². The van der Waals surface area contributed by atoms with Crippen molar-refractivity contribution in [1.29, 1.82) is 0 Å². The average molecular weight is 376 g/mol. The standard InChI is InChI=1S/C16H26BrNO2S/c1-3-9-21(19,20)10-8-15(13-18-4-2)11-14-6-5-7-16(17)12-14/h5-7,12,15,18H,3-4,8-11,13H2,1-2H3. The molecule has 120 valence electrons. The van der Waals surface area contributed by atoms with Gasteiger partial charge in [-0.25, -0.2) is 8.42 Å². The van der Waals surface area contributed by atoms with Crippen LogP contribution in [0.1, 0.15) is 32.3 Å². The number of nitrogens with one attached hydrogen (secondary N) is 1. The summed E-state index contributed by atoms with van der Waals surface area (Å²) in [6.45, 7) is 5.76. The second kappa shape index (κ2) is 9.59. The quantitative estimate of drug-likeness (QED) is 0.681. The molecule has 3 nitrogen and oxygen atoms in total. The molecule has 1 rings (SSSR count). The molecular weight excluding hydrogens is 350 g/mol. The minimum Gasteiger partial charge on any atom is -0.317 e. The molecule has 1 atom stereocenters. The van der Waals surface area contributed by atoms with Crippen molar-refractivity contribution >= 4 is 25.8 Å². The van der Waals surface area contributed by atoms with Crippen LogP contribution < -0.4 is 5.32 Å².